The van der Waals surface area contributed by atoms with E-state index in [9.17, 15) is 0 Å². The van der Waals surface area contributed by atoms with Gasteiger partial charge in [-0.1, -0.05) is 84.9 Å². The minimum absolute atomic E-state index is 1.07. The Morgan fingerprint density at radius 2 is 0.833 bits per heavy atom. The van der Waals surface area contributed by atoms with Crippen molar-refractivity contribution < 1.29 is 0 Å². The number of nitrogens with one attached hydrogen (secondary N) is 2. The van der Waals surface area contributed by atoms with Crippen LogP contribution in [0.1, 0.15) is 0 Å². The highest BCUT2D eigenvalue weighted by Gasteiger charge is 2.18. The molecular formula is C32H22N4. The fraction of sp³-hybridized carbons (Fsp3) is 0. The summed E-state index contributed by atoms with van der Waals surface area (Å²) in [7, 11) is 0. The molecule has 0 bridgehead atoms. The highest BCUT2D eigenvalue weighted by Crippen LogP contribution is 2.45. The first-order chi connectivity index (χ1) is 17.9. The van der Waals surface area contributed by atoms with Crippen molar-refractivity contribution in [2.24, 2.45) is 0 Å². The molecule has 0 atom stereocenters. The van der Waals surface area contributed by atoms with E-state index in [0.717, 1.165) is 22.3 Å². The summed E-state index contributed by atoms with van der Waals surface area (Å²) in [4.78, 5) is 0. The van der Waals surface area contributed by atoms with Gasteiger partial charge in [-0.05, 0) is 67.1 Å². The zero-order valence-corrected chi connectivity index (χ0v) is 19.4. The highest BCUT2D eigenvalue weighted by molar-refractivity contribution is 6.22. The van der Waals surface area contributed by atoms with E-state index in [1.807, 2.05) is 24.8 Å². The lowest BCUT2D eigenvalue weighted by Crippen LogP contribution is -1.92. The summed E-state index contributed by atoms with van der Waals surface area (Å²) in [5.74, 6) is 0. The number of hydrogen-bond acceptors (Lipinski definition) is 2. The van der Waals surface area contributed by atoms with Crippen molar-refractivity contribution in [3.8, 4) is 44.5 Å². The summed E-state index contributed by atoms with van der Waals surface area (Å²) in [5.41, 5.74) is 9.30. The number of aromatic amines is 2. The molecule has 7 rings (SSSR count). The summed E-state index contributed by atoms with van der Waals surface area (Å²) >= 11 is 0. The molecule has 0 saturated heterocycles. The summed E-state index contributed by atoms with van der Waals surface area (Å²) in [6.45, 7) is 0. The second-order valence-corrected chi connectivity index (χ2v) is 8.98. The molecule has 4 heteroatoms. The van der Waals surface area contributed by atoms with Crippen molar-refractivity contribution in [2.75, 3.05) is 0 Å². The largest absolute Gasteiger partial charge is 0.285 e. The first kappa shape index (κ1) is 20.4. The zero-order chi connectivity index (χ0) is 23.9. The Kier molecular flexibility index (Phi) is 4.74. The molecule has 5 aromatic carbocycles. The minimum atomic E-state index is 1.07. The maximum absolute atomic E-state index is 4.18. The van der Waals surface area contributed by atoms with E-state index in [2.05, 4.69) is 117 Å². The van der Waals surface area contributed by atoms with Crippen LogP contribution in [0.4, 0.5) is 0 Å². The van der Waals surface area contributed by atoms with Crippen LogP contribution in [-0.4, -0.2) is 20.4 Å². The van der Waals surface area contributed by atoms with E-state index >= 15 is 0 Å². The average molecular weight is 463 g/mol. The Morgan fingerprint density at radius 1 is 0.389 bits per heavy atom. The summed E-state index contributed by atoms with van der Waals surface area (Å²) in [6.07, 6.45) is 7.64. The van der Waals surface area contributed by atoms with Gasteiger partial charge in [-0.2, -0.15) is 10.2 Å². The molecule has 36 heavy (non-hydrogen) atoms. The normalized spacial score (nSPS) is 11.3. The molecule has 2 aromatic heterocycles. The Labute approximate surface area is 208 Å². The van der Waals surface area contributed by atoms with Crippen molar-refractivity contribution in [1.29, 1.82) is 0 Å². The lowest BCUT2D eigenvalue weighted by molar-refractivity contribution is 1.09. The third kappa shape index (κ3) is 3.31. The Balaban J connectivity index is 1.67. The van der Waals surface area contributed by atoms with E-state index in [1.54, 1.807) is 0 Å². The van der Waals surface area contributed by atoms with Gasteiger partial charge < -0.3 is 0 Å². The molecule has 0 aliphatic rings. The van der Waals surface area contributed by atoms with E-state index in [4.69, 9.17) is 0 Å². The van der Waals surface area contributed by atoms with Gasteiger partial charge in [-0.25, -0.2) is 0 Å². The van der Waals surface area contributed by atoms with Crippen LogP contribution in [0, 0.1) is 0 Å². The third-order valence-electron chi connectivity index (χ3n) is 6.90. The second-order valence-electron chi connectivity index (χ2n) is 8.98. The average Bonchev–Trinajstić information content (AvgIpc) is 3.67. The minimum Gasteiger partial charge on any atom is -0.285 e. The van der Waals surface area contributed by atoms with Crippen molar-refractivity contribution in [3.05, 3.63) is 122 Å². The standard InChI is InChI=1S/C32H22N4/c1-3-7-21(8-4-1)31-27-13-11-23(25-17-33-34-18-25)15-29(27)32(22-9-5-2-6-10-22)30-16-24(12-14-28(30)31)26-19-35-36-20-26/h1-20H,(H,33,34)(H,35,36). The highest BCUT2D eigenvalue weighted by atomic mass is 15.1. The number of fused-ring (bicyclic) bond motifs is 2. The quantitative estimate of drug-likeness (QED) is 0.260. The zero-order valence-electron chi connectivity index (χ0n) is 19.4. The molecule has 0 saturated carbocycles. The fourth-order valence-corrected chi connectivity index (χ4v) is 5.24. The summed E-state index contributed by atoms with van der Waals surface area (Å²) in [6, 6.07) is 34.9. The lowest BCUT2D eigenvalue weighted by atomic mass is 9.84. The molecule has 2 N–H and O–H groups in total. The van der Waals surface area contributed by atoms with E-state index in [0.29, 0.717) is 0 Å². The Hall–Kier alpha value is -4.96. The topological polar surface area (TPSA) is 57.4 Å². The van der Waals surface area contributed by atoms with Crippen molar-refractivity contribution in [2.45, 2.75) is 0 Å². The number of nitrogens with zero attached hydrogens (tertiary/aromatic N) is 2. The molecule has 0 spiro atoms. The number of rotatable bonds is 4. The molecule has 0 radical (unpaired) electrons. The molecule has 0 fully saturated rings. The van der Waals surface area contributed by atoms with Crippen LogP contribution in [0.5, 0.6) is 0 Å². The van der Waals surface area contributed by atoms with Crippen LogP contribution < -0.4 is 0 Å². The SMILES string of the molecule is c1ccc(-c2c3ccc(-c4cn[nH]c4)cc3c(-c3ccccc3)c3cc(-c4cn[nH]c4)ccc23)cc1. The Morgan fingerprint density at radius 3 is 1.25 bits per heavy atom. The number of aromatic nitrogens is 4. The molecule has 7 aromatic rings. The van der Waals surface area contributed by atoms with Gasteiger partial charge in [-0.15, -0.1) is 0 Å². The van der Waals surface area contributed by atoms with Gasteiger partial charge in [0.1, 0.15) is 0 Å². The first-order valence-electron chi connectivity index (χ1n) is 12.0. The third-order valence-corrected chi connectivity index (χ3v) is 6.90. The molecule has 0 amide bonds. The predicted octanol–water partition coefficient (Wildman–Crippen LogP) is 8.11. The van der Waals surface area contributed by atoms with Gasteiger partial charge in [0.15, 0.2) is 0 Å². The Bertz CT molecular complexity index is 1710. The number of hydrogen-bond donors (Lipinski definition) is 2. The van der Waals surface area contributed by atoms with Gasteiger partial charge in [-0.3, -0.25) is 10.2 Å². The summed E-state index contributed by atoms with van der Waals surface area (Å²) < 4.78 is 0. The van der Waals surface area contributed by atoms with Crippen molar-refractivity contribution >= 4 is 21.5 Å². The number of H-pyrrole nitrogens is 2. The molecule has 0 aliphatic heterocycles. The number of benzene rings is 5. The van der Waals surface area contributed by atoms with Crippen molar-refractivity contribution in [1.82, 2.24) is 20.4 Å². The van der Waals surface area contributed by atoms with E-state index in [1.165, 1.54) is 43.8 Å². The monoisotopic (exact) mass is 462 g/mol. The molecule has 0 unspecified atom stereocenters. The first-order valence-corrected chi connectivity index (χ1v) is 12.0. The maximum atomic E-state index is 4.18. The van der Waals surface area contributed by atoms with E-state index < -0.39 is 0 Å². The van der Waals surface area contributed by atoms with Gasteiger partial charge >= 0.3 is 0 Å². The maximum Gasteiger partial charge on any atom is 0.0565 e. The fourth-order valence-electron chi connectivity index (χ4n) is 5.24. The molecule has 2 heterocycles. The second kappa shape index (κ2) is 8.36. The van der Waals surface area contributed by atoms with Crippen molar-refractivity contribution in [3.63, 3.8) is 0 Å². The predicted molar refractivity (Wildman–Crippen MR) is 147 cm³/mol. The lowest BCUT2D eigenvalue weighted by Gasteiger charge is -2.19. The van der Waals surface area contributed by atoms with Gasteiger partial charge in [0.05, 0.1) is 12.4 Å². The summed E-state index contributed by atoms with van der Waals surface area (Å²) in [5, 5.41) is 19.2. The molecule has 0 aliphatic carbocycles. The smallest absolute Gasteiger partial charge is 0.0565 e. The van der Waals surface area contributed by atoms with Crippen LogP contribution >= 0.6 is 0 Å². The van der Waals surface area contributed by atoms with Gasteiger partial charge in [0.25, 0.3) is 0 Å². The van der Waals surface area contributed by atoms with Crippen LogP contribution in [0.3, 0.4) is 0 Å². The van der Waals surface area contributed by atoms with Crippen LogP contribution in [0.25, 0.3) is 66.1 Å². The van der Waals surface area contributed by atoms with Crippen LogP contribution in [-0.2, 0) is 0 Å². The van der Waals surface area contributed by atoms with Crippen LogP contribution in [0.2, 0.25) is 0 Å². The molecule has 4 nitrogen and oxygen atoms in total. The van der Waals surface area contributed by atoms with Gasteiger partial charge in [0.2, 0.25) is 0 Å². The van der Waals surface area contributed by atoms with E-state index in [-0.39, 0.29) is 0 Å². The van der Waals surface area contributed by atoms with Gasteiger partial charge in [0, 0.05) is 23.5 Å². The van der Waals surface area contributed by atoms with Crippen LogP contribution in [0.15, 0.2) is 122 Å². The molecule has 170 valence electrons. The molecular weight excluding hydrogens is 440 g/mol.